The fourth-order valence-electron chi connectivity index (χ4n) is 2.68. The molecule has 124 valence electrons. The van der Waals surface area contributed by atoms with Gasteiger partial charge in [0.2, 0.25) is 0 Å². The van der Waals surface area contributed by atoms with Crippen LogP contribution in [0.2, 0.25) is 0 Å². The molecule has 0 fully saturated rings. The van der Waals surface area contributed by atoms with Crippen LogP contribution in [0, 0.1) is 0 Å². The van der Waals surface area contributed by atoms with Crippen molar-refractivity contribution in [2.75, 3.05) is 0 Å². The Morgan fingerprint density at radius 1 is 0.917 bits per heavy atom. The van der Waals surface area contributed by atoms with E-state index in [1.54, 1.807) is 0 Å². The molecule has 0 saturated carbocycles. The molecule has 0 bridgehead atoms. The molecule has 1 aliphatic rings. The van der Waals surface area contributed by atoms with Crippen molar-refractivity contribution >= 4 is 11.9 Å². The summed E-state index contributed by atoms with van der Waals surface area (Å²) in [7, 11) is 0. The molecule has 24 heavy (non-hydrogen) atoms. The number of hydrogen-bond donors (Lipinski definition) is 5. The van der Waals surface area contributed by atoms with E-state index >= 15 is 0 Å². The second kappa shape index (κ2) is 5.34. The predicted octanol–water partition coefficient (Wildman–Crippen LogP) is 1.59. The first-order chi connectivity index (χ1) is 11.3. The van der Waals surface area contributed by atoms with Crippen LogP contribution in [0.5, 0.6) is 23.0 Å². The van der Waals surface area contributed by atoms with Crippen molar-refractivity contribution in [3.8, 4) is 23.0 Å². The van der Waals surface area contributed by atoms with Gasteiger partial charge in [-0.25, -0.2) is 4.79 Å². The third kappa shape index (κ3) is 2.34. The van der Waals surface area contributed by atoms with Crippen molar-refractivity contribution in [2.24, 2.45) is 0 Å². The van der Waals surface area contributed by atoms with Crippen LogP contribution in [0.3, 0.4) is 0 Å². The maximum absolute atomic E-state index is 12.1. The number of benzene rings is 2. The molecular weight excluding hydrogens is 320 g/mol. The van der Waals surface area contributed by atoms with Gasteiger partial charge in [0.25, 0.3) is 0 Å². The standard InChI is InChI=1S/C16H12O8/c17-9-2-1-6(3-10(9)18)14-13(15(21)22)7-4-11(19)12(20)5-8(7)16(23)24-14/h1-5,13-14,17-20H,(H,21,22)/t13-,14+/m0/s1. The smallest absolute Gasteiger partial charge is 0.339 e. The highest BCUT2D eigenvalue weighted by molar-refractivity contribution is 5.97. The number of carboxylic acid groups (broad SMARTS) is 1. The molecule has 5 N–H and O–H groups in total. The molecule has 3 rings (SSSR count). The summed E-state index contributed by atoms with van der Waals surface area (Å²) in [5.41, 5.74) is -0.0344. The lowest BCUT2D eigenvalue weighted by molar-refractivity contribution is -0.142. The lowest BCUT2D eigenvalue weighted by atomic mass is 9.83. The monoisotopic (exact) mass is 332 g/mol. The quantitative estimate of drug-likeness (QED) is 0.412. The molecule has 0 radical (unpaired) electrons. The summed E-state index contributed by atoms with van der Waals surface area (Å²) >= 11 is 0. The molecule has 0 aliphatic carbocycles. The number of fused-ring (bicyclic) bond motifs is 1. The number of aromatic hydroxyl groups is 4. The highest BCUT2D eigenvalue weighted by atomic mass is 16.5. The number of cyclic esters (lactones) is 1. The van der Waals surface area contributed by atoms with Gasteiger partial charge >= 0.3 is 11.9 Å². The number of phenolic OH excluding ortho intramolecular Hbond substituents is 4. The number of phenols is 4. The number of rotatable bonds is 2. The van der Waals surface area contributed by atoms with Gasteiger partial charge in [-0.05, 0) is 35.4 Å². The lowest BCUT2D eigenvalue weighted by Crippen LogP contribution is -2.31. The first kappa shape index (κ1) is 15.5. The number of esters is 1. The van der Waals surface area contributed by atoms with Crippen molar-refractivity contribution in [1.82, 2.24) is 0 Å². The Labute approximate surface area is 134 Å². The van der Waals surface area contributed by atoms with E-state index in [-0.39, 0.29) is 16.7 Å². The Bertz CT molecular complexity index is 857. The second-order valence-corrected chi connectivity index (χ2v) is 5.32. The van der Waals surface area contributed by atoms with E-state index in [2.05, 4.69) is 0 Å². The highest BCUT2D eigenvalue weighted by Gasteiger charge is 2.42. The first-order valence-electron chi connectivity index (χ1n) is 6.81. The fraction of sp³-hybridized carbons (Fsp3) is 0.125. The molecule has 0 saturated heterocycles. The number of aliphatic carboxylic acids is 1. The first-order valence-corrected chi connectivity index (χ1v) is 6.81. The van der Waals surface area contributed by atoms with Gasteiger partial charge in [-0.3, -0.25) is 4.79 Å². The fourth-order valence-corrected chi connectivity index (χ4v) is 2.68. The zero-order chi connectivity index (χ0) is 17.6. The SMILES string of the molecule is O=C1O[C@H](c2ccc(O)c(O)c2)[C@@H](C(=O)O)c2cc(O)c(O)cc21. The number of ether oxygens (including phenoxy) is 1. The molecule has 1 aliphatic heterocycles. The average molecular weight is 332 g/mol. The van der Waals surface area contributed by atoms with E-state index in [4.69, 9.17) is 4.74 Å². The third-order valence-electron chi connectivity index (χ3n) is 3.83. The van der Waals surface area contributed by atoms with Gasteiger partial charge in [0.05, 0.1) is 5.56 Å². The molecule has 0 spiro atoms. The molecule has 2 atom stereocenters. The summed E-state index contributed by atoms with van der Waals surface area (Å²) < 4.78 is 5.16. The van der Waals surface area contributed by atoms with Crippen LogP contribution in [0.4, 0.5) is 0 Å². The van der Waals surface area contributed by atoms with E-state index in [1.807, 2.05) is 0 Å². The largest absolute Gasteiger partial charge is 0.504 e. The van der Waals surface area contributed by atoms with Crippen LogP contribution in [0.1, 0.15) is 33.5 Å². The normalized spacial score (nSPS) is 19.4. The maximum Gasteiger partial charge on any atom is 0.339 e. The Kier molecular flexibility index (Phi) is 3.44. The summed E-state index contributed by atoms with van der Waals surface area (Å²) in [4.78, 5) is 23.8. The van der Waals surface area contributed by atoms with Crippen LogP contribution >= 0.6 is 0 Å². The molecule has 8 heteroatoms. The summed E-state index contributed by atoms with van der Waals surface area (Å²) in [5, 5.41) is 47.6. The molecule has 8 nitrogen and oxygen atoms in total. The molecule has 2 aromatic carbocycles. The summed E-state index contributed by atoms with van der Waals surface area (Å²) in [6.45, 7) is 0. The molecule has 0 aromatic heterocycles. The highest BCUT2D eigenvalue weighted by Crippen LogP contribution is 2.45. The minimum atomic E-state index is -1.37. The van der Waals surface area contributed by atoms with Crippen molar-refractivity contribution in [3.63, 3.8) is 0 Å². The maximum atomic E-state index is 12.1. The second-order valence-electron chi connectivity index (χ2n) is 5.32. The van der Waals surface area contributed by atoms with Gasteiger partial charge in [-0.15, -0.1) is 0 Å². The average Bonchev–Trinajstić information content (AvgIpc) is 2.51. The van der Waals surface area contributed by atoms with Gasteiger partial charge in [0.1, 0.15) is 12.0 Å². The Balaban J connectivity index is 2.17. The van der Waals surface area contributed by atoms with Crippen LogP contribution in [0.25, 0.3) is 0 Å². The number of carbonyl (C=O) groups excluding carboxylic acids is 1. The van der Waals surface area contributed by atoms with Crippen molar-refractivity contribution in [2.45, 2.75) is 12.0 Å². The molecule has 0 unspecified atom stereocenters. The van der Waals surface area contributed by atoms with E-state index < -0.39 is 47.0 Å². The van der Waals surface area contributed by atoms with Gasteiger partial charge in [-0.2, -0.15) is 0 Å². The van der Waals surface area contributed by atoms with Gasteiger partial charge in [0.15, 0.2) is 23.0 Å². The minimum Gasteiger partial charge on any atom is -0.504 e. The molecule has 0 amide bonds. The van der Waals surface area contributed by atoms with Crippen LogP contribution in [0.15, 0.2) is 30.3 Å². The topological polar surface area (TPSA) is 145 Å². The Morgan fingerprint density at radius 2 is 1.54 bits per heavy atom. The number of carbonyl (C=O) groups is 2. The zero-order valence-electron chi connectivity index (χ0n) is 12.0. The van der Waals surface area contributed by atoms with Crippen molar-refractivity contribution in [3.05, 3.63) is 47.0 Å². The van der Waals surface area contributed by atoms with Gasteiger partial charge < -0.3 is 30.3 Å². The minimum absolute atomic E-state index is 0.0217. The summed E-state index contributed by atoms with van der Waals surface area (Å²) in [6, 6.07) is 5.48. The summed E-state index contributed by atoms with van der Waals surface area (Å²) in [6.07, 6.45) is -1.28. The number of carboxylic acids is 1. The van der Waals surface area contributed by atoms with E-state index in [0.717, 1.165) is 24.3 Å². The molecule has 1 heterocycles. The van der Waals surface area contributed by atoms with Gasteiger partial charge in [0, 0.05) is 0 Å². The van der Waals surface area contributed by atoms with Crippen molar-refractivity contribution < 1.29 is 39.9 Å². The summed E-state index contributed by atoms with van der Waals surface area (Å²) in [5.74, 6) is -5.62. The van der Waals surface area contributed by atoms with E-state index in [0.29, 0.717) is 0 Å². The third-order valence-corrected chi connectivity index (χ3v) is 3.83. The van der Waals surface area contributed by atoms with E-state index in [9.17, 15) is 35.1 Å². The Hall–Kier alpha value is -3.42. The zero-order valence-corrected chi connectivity index (χ0v) is 12.0. The number of hydrogen-bond acceptors (Lipinski definition) is 7. The van der Waals surface area contributed by atoms with Crippen LogP contribution < -0.4 is 0 Å². The molecule has 2 aromatic rings. The van der Waals surface area contributed by atoms with Gasteiger partial charge in [-0.1, -0.05) is 6.07 Å². The van der Waals surface area contributed by atoms with Crippen LogP contribution in [-0.2, 0) is 9.53 Å². The predicted molar refractivity (Wildman–Crippen MR) is 78.1 cm³/mol. The molecular formula is C16H12O8. The Morgan fingerprint density at radius 3 is 2.17 bits per heavy atom. The van der Waals surface area contributed by atoms with E-state index in [1.165, 1.54) is 6.07 Å². The lowest BCUT2D eigenvalue weighted by Gasteiger charge is -2.31. The van der Waals surface area contributed by atoms with Crippen LogP contribution in [-0.4, -0.2) is 37.5 Å². The van der Waals surface area contributed by atoms with Crippen molar-refractivity contribution in [1.29, 1.82) is 0 Å².